The van der Waals surface area contributed by atoms with Crippen LogP contribution in [0.4, 0.5) is 0 Å². The maximum absolute atomic E-state index is 2.54. The Morgan fingerprint density at radius 1 is 0.222 bits per heavy atom. The molecule has 14 aromatic rings. The van der Waals surface area contributed by atoms with Crippen molar-refractivity contribution in [3.05, 3.63) is 289 Å². The van der Waals surface area contributed by atoms with Gasteiger partial charge in [0.2, 0.25) is 0 Å². The Kier molecular flexibility index (Phi) is 11.3. The first-order valence-corrected chi connectivity index (χ1v) is 35.8. The van der Waals surface area contributed by atoms with E-state index in [1.54, 1.807) is 0 Å². The van der Waals surface area contributed by atoms with Crippen LogP contribution in [-0.4, -0.2) is 16.1 Å². The standard InChI is InChI=1S/C79H62Si2/c1-80(2,3)73-47-45-69(55-29-7-9-33-59(55)73)77-65-39-15-11-35-61(65)75(62-36-12-16-40-66(62)77)51-25-23-27-53(49-51)79(71-43-21-19-31-57(71)58-32-20-22-44-72(58)79)54-28-24-26-52(50-54)76-63-37-13-17-41-67(63)78(68-42-18-14-38-64(68)76)70-46-48-74(81(4,5)6)60-34-10-8-30-56(60)70/h7-50H,1-6H3. The summed E-state index contributed by atoms with van der Waals surface area (Å²) in [5.74, 6) is 0. The Morgan fingerprint density at radius 2 is 0.506 bits per heavy atom. The van der Waals surface area contributed by atoms with Crippen molar-refractivity contribution in [1.29, 1.82) is 0 Å². The van der Waals surface area contributed by atoms with Gasteiger partial charge < -0.3 is 0 Å². The predicted octanol–water partition coefficient (Wildman–Crippen LogP) is 20.7. The number of fused-ring (bicyclic) bond motifs is 9. The lowest BCUT2D eigenvalue weighted by Gasteiger charge is -2.34. The number of hydrogen-bond donors (Lipinski definition) is 0. The van der Waals surface area contributed by atoms with E-state index < -0.39 is 21.6 Å². The number of rotatable bonds is 8. The van der Waals surface area contributed by atoms with E-state index in [1.807, 2.05) is 0 Å². The molecule has 0 spiro atoms. The van der Waals surface area contributed by atoms with E-state index in [0.717, 1.165) is 0 Å². The van der Waals surface area contributed by atoms with Crippen LogP contribution in [0.25, 0.3) is 120 Å². The van der Waals surface area contributed by atoms with E-state index in [-0.39, 0.29) is 0 Å². The molecular formula is C79H62Si2. The van der Waals surface area contributed by atoms with Gasteiger partial charge >= 0.3 is 0 Å². The molecule has 0 atom stereocenters. The summed E-state index contributed by atoms with van der Waals surface area (Å²) in [5.41, 5.74) is 17.1. The monoisotopic (exact) mass is 1070 g/mol. The van der Waals surface area contributed by atoms with Crippen LogP contribution in [0.1, 0.15) is 22.3 Å². The lowest BCUT2D eigenvalue weighted by Crippen LogP contribution is -2.38. The van der Waals surface area contributed by atoms with Crippen molar-refractivity contribution >= 4 is 91.2 Å². The van der Waals surface area contributed by atoms with Crippen LogP contribution >= 0.6 is 0 Å². The minimum atomic E-state index is -1.64. The fraction of sp³-hybridized carbons (Fsp3) is 0.0886. The molecule has 2 heteroatoms. The Balaban J connectivity index is 0.975. The molecule has 0 heterocycles. The second-order valence-corrected chi connectivity index (χ2v) is 34.7. The molecule has 14 aromatic carbocycles. The van der Waals surface area contributed by atoms with Crippen LogP contribution in [0.5, 0.6) is 0 Å². The smallest absolute Gasteiger partial charge is 0.0656 e. The Hall–Kier alpha value is -8.93. The van der Waals surface area contributed by atoms with Crippen LogP contribution in [0.15, 0.2) is 267 Å². The molecule has 0 bridgehead atoms. The molecule has 1 aliphatic carbocycles. The van der Waals surface area contributed by atoms with Gasteiger partial charge in [0.05, 0.1) is 21.6 Å². The first-order valence-electron chi connectivity index (χ1n) is 28.8. The van der Waals surface area contributed by atoms with Gasteiger partial charge in [-0.3, -0.25) is 0 Å². The summed E-state index contributed by atoms with van der Waals surface area (Å²) in [4.78, 5) is 0. The van der Waals surface area contributed by atoms with Crippen LogP contribution in [0.2, 0.25) is 39.3 Å². The molecule has 0 amide bonds. The summed E-state index contributed by atoms with van der Waals surface area (Å²) in [7, 11) is -3.29. The van der Waals surface area contributed by atoms with Crippen molar-refractivity contribution in [2.24, 2.45) is 0 Å². The fourth-order valence-corrected chi connectivity index (χ4v) is 17.9. The molecule has 15 rings (SSSR count). The number of benzene rings is 14. The van der Waals surface area contributed by atoms with Gasteiger partial charge in [0.15, 0.2) is 0 Å². The van der Waals surface area contributed by atoms with Gasteiger partial charge in [-0.15, -0.1) is 0 Å². The second kappa shape index (κ2) is 18.6. The van der Waals surface area contributed by atoms with E-state index in [1.165, 1.54) is 153 Å². The second-order valence-electron chi connectivity index (χ2n) is 24.6. The van der Waals surface area contributed by atoms with Crippen molar-refractivity contribution in [3.63, 3.8) is 0 Å². The summed E-state index contributed by atoms with van der Waals surface area (Å²) in [6.07, 6.45) is 0. The molecule has 0 N–H and O–H groups in total. The van der Waals surface area contributed by atoms with Crippen molar-refractivity contribution in [2.45, 2.75) is 44.7 Å². The van der Waals surface area contributed by atoms with E-state index >= 15 is 0 Å². The Bertz CT molecular complexity index is 4480. The Labute approximate surface area is 477 Å². The predicted molar refractivity (Wildman–Crippen MR) is 356 cm³/mol. The highest BCUT2D eigenvalue weighted by Crippen LogP contribution is 2.58. The molecule has 0 aliphatic heterocycles. The third-order valence-corrected chi connectivity index (χ3v) is 22.1. The van der Waals surface area contributed by atoms with Gasteiger partial charge in [0.25, 0.3) is 0 Å². The maximum Gasteiger partial charge on any atom is 0.0784 e. The maximum atomic E-state index is 2.54. The fourth-order valence-electron chi connectivity index (χ4n) is 14.6. The zero-order valence-corrected chi connectivity index (χ0v) is 48.9. The average Bonchev–Trinajstić information content (AvgIpc) is 3.56. The first-order chi connectivity index (χ1) is 39.5. The van der Waals surface area contributed by atoms with Gasteiger partial charge in [-0.1, -0.05) is 304 Å². The first kappa shape index (κ1) is 49.1. The summed E-state index contributed by atoms with van der Waals surface area (Å²) in [6, 6.07) is 102. The van der Waals surface area contributed by atoms with E-state index in [4.69, 9.17) is 0 Å². The molecular weight excluding hydrogens is 1010 g/mol. The molecule has 386 valence electrons. The van der Waals surface area contributed by atoms with Crippen LogP contribution in [0.3, 0.4) is 0 Å². The number of hydrogen-bond acceptors (Lipinski definition) is 0. The quantitative estimate of drug-likeness (QED) is 0.105. The highest BCUT2D eigenvalue weighted by atomic mass is 28.3. The van der Waals surface area contributed by atoms with E-state index in [9.17, 15) is 0 Å². The lowest BCUT2D eigenvalue weighted by molar-refractivity contribution is 0.769. The molecule has 0 radical (unpaired) electrons. The largest absolute Gasteiger partial charge is 0.0784 e. The highest BCUT2D eigenvalue weighted by Gasteiger charge is 2.46. The third kappa shape index (κ3) is 7.47. The van der Waals surface area contributed by atoms with Gasteiger partial charge in [0.1, 0.15) is 0 Å². The summed E-state index contributed by atoms with van der Waals surface area (Å²) in [6.45, 7) is 14.8. The Morgan fingerprint density at radius 3 is 0.840 bits per heavy atom. The molecule has 0 fully saturated rings. The van der Waals surface area contributed by atoms with Gasteiger partial charge in [-0.25, -0.2) is 0 Å². The topological polar surface area (TPSA) is 0 Å². The molecule has 0 aromatic heterocycles. The van der Waals surface area contributed by atoms with Gasteiger partial charge in [-0.05, 0) is 155 Å². The van der Waals surface area contributed by atoms with Crippen molar-refractivity contribution in [2.75, 3.05) is 0 Å². The summed E-state index contributed by atoms with van der Waals surface area (Å²) in [5, 5.41) is 18.5. The molecule has 81 heavy (non-hydrogen) atoms. The van der Waals surface area contributed by atoms with E-state index in [2.05, 4.69) is 306 Å². The van der Waals surface area contributed by atoms with E-state index in [0.29, 0.717) is 0 Å². The molecule has 0 nitrogen and oxygen atoms in total. The molecule has 1 aliphatic rings. The van der Waals surface area contributed by atoms with Crippen molar-refractivity contribution in [1.82, 2.24) is 0 Å². The third-order valence-electron chi connectivity index (χ3n) is 18.0. The highest BCUT2D eigenvalue weighted by molar-refractivity contribution is 6.91. The summed E-state index contributed by atoms with van der Waals surface area (Å²) >= 11 is 0. The SMILES string of the molecule is C[Si](C)(C)c1ccc(-c2c3ccccc3c(-c3cccc(C4(c5cccc(-c6c7ccccc7c(-c7ccc([Si](C)(C)C)c8ccccc78)c7ccccc67)c5)c5ccccc5-c5ccccc54)c3)c3ccccc23)c2ccccc12. The van der Waals surface area contributed by atoms with Crippen LogP contribution in [-0.2, 0) is 5.41 Å². The molecule has 0 saturated heterocycles. The van der Waals surface area contributed by atoms with Crippen molar-refractivity contribution < 1.29 is 0 Å². The minimum absolute atomic E-state index is 0.648. The normalized spacial score (nSPS) is 13.2. The molecule has 0 unspecified atom stereocenters. The molecule has 0 saturated carbocycles. The van der Waals surface area contributed by atoms with Gasteiger partial charge in [0, 0.05) is 0 Å². The van der Waals surface area contributed by atoms with Crippen LogP contribution < -0.4 is 10.4 Å². The zero-order valence-electron chi connectivity index (χ0n) is 46.9. The lowest BCUT2D eigenvalue weighted by atomic mass is 9.67. The average molecular weight is 1070 g/mol. The van der Waals surface area contributed by atoms with Crippen molar-refractivity contribution in [3.8, 4) is 55.6 Å². The van der Waals surface area contributed by atoms with Gasteiger partial charge in [-0.2, -0.15) is 0 Å². The minimum Gasteiger partial charge on any atom is -0.0656 e. The zero-order chi connectivity index (χ0) is 54.8. The summed E-state index contributed by atoms with van der Waals surface area (Å²) < 4.78 is 0. The van der Waals surface area contributed by atoms with Crippen LogP contribution in [0, 0.1) is 0 Å².